The van der Waals surface area contributed by atoms with Crippen LogP contribution in [0.2, 0.25) is 0 Å². The van der Waals surface area contributed by atoms with E-state index in [2.05, 4.69) is 20.9 Å². The van der Waals surface area contributed by atoms with E-state index in [1.807, 2.05) is 12.1 Å². The number of pyridine rings is 1. The fourth-order valence-corrected chi connectivity index (χ4v) is 2.87. The average Bonchev–Trinajstić information content (AvgIpc) is 2.86. The molecule has 0 spiro atoms. The van der Waals surface area contributed by atoms with Gasteiger partial charge in [-0.1, -0.05) is 18.2 Å². The summed E-state index contributed by atoms with van der Waals surface area (Å²) in [6.07, 6.45) is 1.83. The van der Waals surface area contributed by atoms with Gasteiger partial charge in [0, 0.05) is 23.9 Å². The van der Waals surface area contributed by atoms with Gasteiger partial charge >= 0.3 is 5.97 Å². The highest BCUT2D eigenvalue weighted by Crippen LogP contribution is 2.33. The number of carboxylic acid groups (broad SMARTS) is 1. The number of hydrogen-bond donors (Lipinski definition) is 1. The molecule has 3 rings (SSSR count). The lowest BCUT2D eigenvalue weighted by atomic mass is 10.1. The van der Waals surface area contributed by atoms with Crippen LogP contribution < -0.4 is 4.90 Å². The van der Waals surface area contributed by atoms with E-state index in [-0.39, 0.29) is 5.91 Å². The summed E-state index contributed by atoms with van der Waals surface area (Å²) in [6.45, 7) is 0. The van der Waals surface area contributed by atoms with Crippen molar-refractivity contribution in [3.05, 3.63) is 58.3 Å². The fourth-order valence-electron chi connectivity index (χ4n) is 2.51. The molecule has 0 bridgehead atoms. The maximum absolute atomic E-state index is 12.7. The zero-order valence-electron chi connectivity index (χ0n) is 10.9. The Hall–Kier alpha value is -2.21. The van der Waals surface area contributed by atoms with Crippen molar-refractivity contribution < 1.29 is 14.7 Å². The minimum atomic E-state index is -1.01. The minimum absolute atomic E-state index is 0.323. The number of hydrogen-bond acceptors (Lipinski definition) is 3. The SMILES string of the molecule is O=C(O)C1Cc2ccccc2N1C(=O)c1ccnc(Br)c1. The second kappa shape index (κ2) is 5.29. The van der Waals surface area contributed by atoms with E-state index < -0.39 is 12.0 Å². The number of carbonyl (C=O) groups is 2. The minimum Gasteiger partial charge on any atom is -0.480 e. The van der Waals surface area contributed by atoms with Crippen LogP contribution in [0.4, 0.5) is 5.69 Å². The van der Waals surface area contributed by atoms with Crippen molar-refractivity contribution in [3.8, 4) is 0 Å². The van der Waals surface area contributed by atoms with E-state index >= 15 is 0 Å². The number of nitrogens with zero attached hydrogens (tertiary/aromatic N) is 2. The zero-order chi connectivity index (χ0) is 15.0. The van der Waals surface area contributed by atoms with Crippen molar-refractivity contribution >= 4 is 33.5 Å². The van der Waals surface area contributed by atoms with Crippen LogP contribution in [-0.4, -0.2) is 28.0 Å². The van der Waals surface area contributed by atoms with Crippen LogP contribution in [0.3, 0.4) is 0 Å². The number of aliphatic carboxylic acids is 1. The Morgan fingerprint density at radius 1 is 1.29 bits per heavy atom. The Morgan fingerprint density at radius 2 is 2.05 bits per heavy atom. The van der Waals surface area contributed by atoms with Gasteiger partial charge in [-0.2, -0.15) is 0 Å². The van der Waals surface area contributed by atoms with Gasteiger partial charge in [0.25, 0.3) is 5.91 Å². The average molecular weight is 347 g/mol. The summed E-state index contributed by atoms with van der Waals surface area (Å²) in [6, 6.07) is 9.55. The van der Waals surface area contributed by atoms with Gasteiger partial charge in [0.05, 0.1) is 0 Å². The molecule has 1 unspecified atom stereocenters. The Kier molecular flexibility index (Phi) is 3.47. The molecular weight excluding hydrogens is 336 g/mol. The third-order valence-electron chi connectivity index (χ3n) is 3.45. The van der Waals surface area contributed by atoms with Crippen molar-refractivity contribution in [2.24, 2.45) is 0 Å². The fraction of sp³-hybridized carbons (Fsp3) is 0.133. The molecule has 1 N–H and O–H groups in total. The van der Waals surface area contributed by atoms with Crippen LogP contribution in [0.25, 0.3) is 0 Å². The predicted molar refractivity (Wildman–Crippen MR) is 80.3 cm³/mol. The molecule has 1 aliphatic heterocycles. The van der Waals surface area contributed by atoms with E-state index in [0.717, 1.165) is 5.56 Å². The smallest absolute Gasteiger partial charge is 0.327 e. The van der Waals surface area contributed by atoms with Crippen LogP contribution in [0.1, 0.15) is 15.9 Å². The number of aromatic nitrogens is 1. The summed E-state index contributed by atoms with van der Waals surface area (Å²) < 4.78 is 0.535. The predicted octanol–water partition coefficient (Wildman–Crippen LogP) is 2.50. The van der Waals surface area contributed by atoms with Crippen LogP contribution in [0.15, 0.2) is 47.2 Å². The third kappa shape index (κ3) is 2.42. The lowest BCUT2D eigenvalue weighted by molar-refractivity contribution is -0.138. The number of amides is 1. The van der Waals surface area contributed by atoms with Gasteiger partial charge in [-0.25, -0.2) is 9.78 Å². The van der Waals surface area contributed by atoms with E-state index in [1.54, 1.807) is 24.3 Å². The monoisotopic (exact) mass is 346 g/mol. The van der Waals surface area contributed by atoms with Crippen molar-refractivity contribution in [1.29, 1.82) is 0 Å². The molecule has 0 saturated heterocycles. The molecule has 1 aromatic carbocycles. The molecule has 21 heavy (non-hydrogen) atoms. The van der Waals surface area contributed by atoms with Crippen LogP contribution >= 0.6 is 15.9 Å². The third-order valence-corrected chi connectivity index (χ3v) is 3.89. The highest BCUT2D eigenvalue weighted by Gasteiger charge is 2.38. The lowest BCUT2D eigenvalue weighted by Gasteiger charge is -2.22. The second-order valence-corrected chi connectivity index (χ2v) is 5.54. The molecular formula is C15H11BrN2O3. The summed E-state index contributed by atoms with van der Waals surface area (Å²) in [4.78, 5) is 29.5. The maximum Gasteiger partial charge on any atom is 0.327 e. The van der Waals surface area contributed by atoms with E-state index in [4.69, 9.17) is 0 Å². The molecule has 1 aliphatic rings. The molecule has 0 saturated carbocycles. The molecule has 2 heterocycles. The molecule has 6 heteroatoms. The number of anilines is 1. The molecule has 0 aliphatic carbocycles. The Bertz CT molecular complexity index is 732. The molecule has 1 atom stereocenters. The quantitative estimate of drug-likeness (QED) is 0.848. The first kappa shape index (κ1) is 13.8. The first-order valence-electron chi connectivity index (χ1n) is 6.34. The standard InChI is InChI=1S/C15H11BrN2O3/c16-13-8-10(5-6-17-13)14(19)18-11-4-2-1-3-9(11)7-12(18)15(20)21/h1-6,8,12H,7H2,(H,20,21). The van der Waals surface area contributed by atoms with Crippen molar-refractivity contribution in [2.75, 3.05) is 4.90 Å². The van der Waals surface area contributed by atoms with Crippen molar-refractivity contribution in [1.82, 2.24) is 4.98 Å². The highest BCUT2D eigenvalue weighted by atomic mass is 79.9. The van der Waals surface area contributed by atoms with Crippen LogP contribution in [0.5, 0.6) is 0 Å². The number of benzene rings is 1. The summed E-state index contributed by atoms with van der Waals surface area (Å²) in [7, 11) is 0. The van der Waals surface area contributed by atoms with E-state index in [9.17, 15) is 14.7 Å². The zero-order valence-corrected chi connectivity index (χ0v) is 12.4. The summed E-state index contributed by atoms with van der Waals surface area (Å²) in [5.41, 5.74) is 1.93. The summed E-state index contributed by atoms with van der Waals surface area (Å²) in [5, 5.41) is 9.39. The van der Waals surface area contributed by atoms with Crippen LogP contribution in [-0.2, 0) is 11.2 Å². The molecule has 1 amide bonds. The van der Waals surface area contributed by atoms with Crippen LogP contribution in [0, 0.1) is 0 Å². The van der Waals surface area contributed by atoms with Gasteiger partial charge < -0.3 is 5.11 Å². The lowest BCUT2D eigenvalue weighted by Crippen LogP contribution is -2.42. The van der Waals surface area contributed by atoms with E-state index in [1.165, 1.54) is 11.1 Å². The number of para-hydroxylation sites is 1. The van der Waals surface area contributed by atoms with Crippen molar-refractivity contribution in [2.45, 2.75) is 12.5 Å². The Morgan fingerprint density at radius 3 is 2.76 bits per heavy atom. The molecule has 0 fully saturated rings. The number of rotatable bonds is 2. The summed E-state index contributed by atoms with van der Waals surface area (Å²) in [5.74, 6) is -1.34. The topological polar surface area (TPSA) is 70.5 Å². The van der Waals surface area contributed by atoms with E-state index in [0.29, 0.717) is 22.3 Å². The van der Waals surface area contributed by atoms with Gasteiger partial charge in [-0.3, -0.25) is 9.69 Å². The maximum atomic E-state index is 12.7. The summed E-state index contributed by atoms with van der Waals surface area (Å²) >= 11 is 3.22. The molecule has 2 aromatic rings. The number of carboxylic acids is 1. The first-order valence-corrected chi connectivity index (χ1v) is 7.13. The molecule has 1 aromatic heterocycles. The normalized spacial score (nSPS) is 16.6. The first-order chi connectivity index (χ1) is 10.1. The molecule has 5 nitrogen and oxygen atoms in total. The largest absolute Gasteiger partial charge is 0.480 e. The number of halogens is 1. The van der Waals surface area contributed by atoms with Gasteiger partial charge in [-0.15, -0.1) is 0 Å². The Balaban J connectivity index is 2.05. The Labute approximate surface area is 129 Å². The van der Waals surface area contributed by atoms with Gasteiger partial charge in [-0.05, 0) is 39.7 Å². The highest BCUT2D eigenvalue weighted by molar-refractivity contribution is 9.10. The second-order valence-electron chi connectivity index (χ2n) is 4.73. The van der Waals surface area contributed by atoms with Crippen molar-refractivity contribution in [3.63, 3.8) is 0 Å². The number of carbonyl (C=O) groups excluding carboxylic acids is 1. The van der Waals surface area contributed by atoms with Gasteiger partial charge in [0.15, 0.2) is 0 Å². The molecule has 106 valence electrons. The number of fused-ring (bicyclic) bond motifs is 1. The van der Waals surface area contributed by atoms with Gasteiger partial charge in [0.1, 0.15) is 10.6 Å². The van der Waals surface area contributed by atoms with Gasteiger partial charge in [0.2, 0.25) is 0 Å². The molecule has 0 radical (unpaired) electrons.